The highest BCUT2D eigenvalue weighted by Gasteiger charge is 2.11. The van der Waals surface area contributed by atoms with E-state index in [0.717, 1.165) is 33.5 Å². The number of aromatic nitrogens is 2. The molecule has 102 valence electrons. The number of likely N-dealkylation sites (tertiary alicyclic amines) is 1. The summed E-state index contributed by atoms with van der Waals surface area (Å²) in [5, 5.41) is 5.50. The van der Waals surface area contributed by atoms with Gasteiger partial charge < -0.3 is 10.2 Å². The zero-order valence-corrected chi connectivity index (χ0v) is 13.1. The number of hydrogen-bond donors (Lipinski definition) is 1. The summed E-state index contributed by atoms with van der Waals surface area (Å²) in [6, 6.07) is 0. The summed E-state index contributed by atoms with van der Waals surface area (Å²) in [5.74, 6) is 0.960. The van der Waals surface area contributed by atoms with Gasteiger partial charge in [0.15, 0.2) is 0 Å². The van der Waals surface area contributed by atoms with Gasteiger partial charge in [-0.2, -0.15) is 0 Å². The summed E-state index contributed by atoms with van der Waals surface area (Å²) in [6.45, 7) is 4.71. The summed E-state index contributed by atoms with van der Waals surface area (Å²) < 4.78 is 2.19. The van der Waals surface area contributed by atoms with Crippen molar-refractivity contribution in [3.05, 3.63) is 16.2 Å². The molecule has 0 amide bonds. The van der Waals surface area contributed by atoms with Gasteiger partial charge in [-0.15, -0.1) is 11.3 Å². The third-order valence-corrected chi connectivity index (χ3v) is 5.34. The molecule has 3 rings (SSSR count). The van der Waals surface area contributed by atoms with Crippen molar-refractivity contribution in [1.82, 2.24) is 14.9 Å². The Balaban J connectivity index is 1.56. The van der Waals surface area contributed by atoms with E-state index in [0.29, 0.717) is 0 Å². The number of halogens is 1. The Bertz CT molecular complexity index is 551. The van der Waals surface area contributed by atoms with Gasteiger partial charge in [-0.3, -0.25) is 0 Å². The van der Waals surface area contributed by atoms with Gasteiger partial charge in [-0.1, -0.05) is 0 Å². The van der Waals surface area contributed by atoms with Crippen molar-refractivity contribution < 1.29 is 0 Å². The second-order valence-electron chi connectivity index (χ2n) is 4.81. The minimum absolute atomic E-state index is 0.960. The maximum atomic E-state index is 4.34. The van der Waals surface area contributed by atoms with Gasteiger partial charge in [0, 0.05) is 11.9 Å². The van der Waals surface area contributed by atoms with Crippen LogP contribution in [-0.4, -0.2) is 41.0 Å². The third-order valence-electron chi connectivity index (χ3n) is 3.45. The van der Waals surface area contributed by atoms with Crippen LogP contribution in [0.1, 0.15) is 19.3 Å². The van der Waals surface area contributed by atoms with E-state index in [1.54, 1.807) is 17.7 Å². The fourth-order valence-corrected chi connectivity index (χ4v) is 4.02. The second kappa shape index (κ2) is 6.15. The normalized spacial score (nSPS) is 16.3. The SMILES string of the molecule is Brc1csc2c(NCCCN3CCCC3)ncnc12. The Hall–Kier alpha value is -0.720. The molecule has 0 radical (unpaired) electrons. The number of rotatable bonds is 5. The Morgan fingerprint density at radius 1 is 1.32 bits per heavy atom. The first-order chi connectivity index (χ1) is 9.34. The van der Waals surface area contributed by atoms with Gasteiger partial charge in [-0.05, 0) is 54.8 Å². The Kier molecular flexibility index (Phi) is 4.30. The molecule has 0 aliphatic carbocycles. The molecule has 2 aromatic heterocycles. The van der Waals surface area contributed by atoms with Crippen LogP contribution in [0.15, 0.2) is 16.2 Å². The first kappa shape index (κ1) is 13.3. The molecular formula is C13H17BrN4S. The van der Waals surface area contributed by atoms with Crippen LogP contribution >= 0.6 is 27.3 Å². The average Bonchev–Trinajstić information content (AvgIpc) is 3.06. The molecule has 0 spiro atoms. The maximum absolute atomic E-state index is 4.34. The number of nitrogens with one attached hydrogen (secondary N) is 1. The topological polar surface area (TPSA) is 41.0 Å². The highest BCUT2D eigenvalue weighted by molar-refractivity contribution is 9.10. The maximum Gasteiger partial charge on any atom is 0.147 e. The van der Waals surface area contributed by atoms with Gasteiger partial charge in [0.2, 0.25) is 0 Å². The van der Waals surface area contributed by atoms with Crippen molar-refractivity contribution in [1.29, 1.82) is 0 Å². The zero-order valence-electron chi connectivity index (χ0n) is 10.7. The zero-order chi connectivity index (χ0) is 13.1. The number of fused-ring (bicyclic) bond motifs is 1. The van der Waals surface area contributed by atoms with Crippen molar-refractivity contribution >= 4 is 43.3 Å². The monoisotopic (exact) mass is 340 g/mol. The molecule has 1 aliphatic heterocycles. The van der Waals surface area contributed by atoms with Crippen LogP contribution in [0.5, 0.6) is 0 Å². The standard InChI is InChI=1S/C13H17BrN4S/c14-10-8-19-12-11(10)16-9-17-13(12)15-4-3-7-18-5-1-2-6-18/h8-9H,1-7H2,(H,15,16,17). The number of thiophene rings is 1. The highest BCUT2D eigenvalue weighted by atomic mass is 79.9. The molecular weight excluding hydrogens is 324 g/mol. The van der Waals surface area contributed by atoms with E-state index in [9.17, 15) is 0 Å². The smallest absolute Gasteiger partial charge is 0.147 e. The summed E-state index contributed by atoms with van der Waals surface area (Å²) in [4.78, 5) is 11.2. The van der Waals surface area contributed by atoms with Crippen LogP contribution in [0.2, 0.25) is 0 Å². The molecule has 1 aliphatic rings. The Morgan fingerprint density at radius 2 is 2.16 bits per heavy atom. The fourth-order valence-electron chi connectivity index (χ4n) is 2.46. The molecule has 0 atom stereocenters. The Labute approximate surface area is 125 Å². The van der Waals surface area contributed by atoms with E-state index in [-0.39, 0.29) is 0 Å². The van der Waals surface area contributed by atoms with Crippen LogP contribution in [-0.2, 0) is 0 Å². The first-order valence-corrected chi connectivity index (χ1v) is 8.36. The predicted molar refractivity (Wildman–Crippen MR) is 83.9 cm³/mol. The van der Waals surface area contributed by atoms with E-state index < -0.39 is 0 Å². The van der Waals surface area contributed by atoms with E-state index >= 15 is 0 Å². The lowest BCUT2D eigenvalue weighted by molar-refractivity contribution is 0.337. The van der Waals surface area contributed by atoms with Gasteiger partial charge in [0.1, 0.15) is 17.7 Å². The van der Waals surface area contributed by atoms with Crippen molar-refractivity contribution in [3.63, 3.8) is 0 Å². The summed E-state index contributed by atoms with van der Waals surface area (Å²) in [6.07, 6.45) is 5.52. The molecule has 0 saturated carbocycles. The van der Waals surface area contributed by atoms with Crippen LogP contribution < -0.4 is 5.32 Å². The molecule has 1 saturated heterocycles. The summed E-state index contributed by atoms with van der Waals surface area (Å²) >= 11 is 5.19. The number of hydrogen-bond acceptors (Lipinski definition) is 5. The van der Waals surface area contributed by atoms with Gasteiger partial charge in [-0.25, -0.2) is 9.97 Å². The summed E-state index contributed by atoms with van der Waals surface area (Å²) in [7, 11) is 0. The van der Waals surface area contributed by atoms with E-state index in [4.69, 9.17) is 0 Å². The van der Waals surface area contributed by atoms with Crippen LogP contribution in [0.25, 0.3) is 10.2 Å². The van der Waals surface area contributed by atoms with Gasteiger partial charge >= 0.3 is 0 Å². The van der Waals surface area contributed by atoms with Crippen molar-refractivity contribution in [2.45, 2.75) is 19.3 Å². The van der Waals surface area contributed by atoms with E-state index in [1.165, 1.54) is 32.5 Å². The lowest BCUT2D eigenvalue weighted by Crippen LogP contribution is -2.22. The molecule has 4 nitrogen and oxygen atoms in total. The van der Waals surface area contributed by atoms with Crippen molar-refractivity contribution in [3.8, 4) is 0 Å². The molecule has 0 unspecified atom stereocenters. The molecule has 6 heteroatoms. The van der Waals surface area contributed by atoms with Gasteiger partial charge in [0.25, 0.3) is 0 Å². The van der Waals surface area contributed by atoms with Gasteiger partial charge in [0.05, 0.1) is 9.17 Å². The van der Waals surface area contributed by atoms with Crippen molar-refractivity contribution in [2.24, 2.45) is 0 Å². The Morgan fingerprint density at radius 3 is 3.00 bits per heavy atom. The van der Waals surface area contributed by atoms with Crippen LogP contribution in [0.4, 0.5) is 5.82 Å². The molecule has 0 aromatic carbocycles. The number of nitrogens with zero attached hydrogens (tertiary/aromatic N) is 3. The number of anilines is 1. The van der Waals surface area contributed by atoms with E-state index in [2.05, 4.69) is 41.5 Å². The van der Waals surface area contributed by atoms with Crippen LogP contribution in [0, 0.1) is 0 Å². The average molecular weight is 341 g/mol. The second-order valence-corrected chi connectivity index (χ2v) is 6.55. The molecule has 1 fully saturated rings. The first-order valence-electron chi connectivity index (χ1n) is 6.68. The largest absolute Gasteiger partial charge is 0.369 e. The van der Waals surface area contributed by atoms with Crippen LogP contribution in [0.3, 0.4) is 0 Å². The minimum atomic E-state index is 0.960. The fraction of sp³-hybridized carbons (Fsp3) is 0.538. The lowest BCUT2D eigenvalue weighted by Gasteiger charge is -2.14. The third kappa shape index (κ3) is 3.07. The highest BCUT2D eigenvalue weighted by Crippen LogP contribution is 2.32. The molecule has 0 bridgehead atoms. The molecule has 3 heterocycles. The minimum Gasteiger partial charge on any atom is -0.369 e. The van der Waals surface area contributed by atoms with Crippen molar-refractivity contribution in [2.75, 3.05) is 31.5 Å². The predicted octanol–water partition coefficient (Wildman–Crippen LogP) is 3.35. The quantitative estimate of drug-likeness (QED) is 0.847. The van der Waals surface area contributed by atoms with E-state index in [1.807, 2.05) is 0 Å². The molecule has 19 heavy (non-hydrogen) atoms. The summed E-state index contributed by atoms with van der Waals surface area (Å²) in [5.41, 5.74) is 1.00. The molecule has 2 aromatic rings. The molecule has 1 N–H and O–H groups in total. The lowest BCUT2D eigenvalue weighted by atomic mass is 10.3.